The van der Waals surface area contributed by atoms with E-state index in [1.807, 2.05) is 6.92 Å². The van der Waals surface area contributed by atoms with Gasteiger partial charge in [-0.1, -0.05) is 17.8 Å². The molecule has 17 heavy (non-hydrogen) atoms. The zero-order chi connectivity index (χ0) is 12.8. The maximum atomic E-state index is 9.02. The molecule has 0 aliphatic carbocycles. The van der Waals surface area contributed by atoms with Gasteiger partial charge in [-0.15, -0.1) is 5.10 Å². The van der Waals surface area contributed by atoms with Crippen LogP contribution in [0.1, 0.15) is 12.7 Å². The first-order valence-corrected chi connectivity index (χ1v) is 4.81. The van der Waals surface area contributed by atoms with Crippen molar-refractivity contribution in [2.75, 3.05) is 0 Å². The van der Waals surface area contributed by atoms with Crippen molar-refractivity contribution >= 4 is 5.71 Å². The summed E-state index contributed by atoms with van der Waals surface area (Å²) >= 11 is 0. The number of nitrogens with zero attached hydrogens (tertiary/aromatic N) is 5. The minimum Gasteiger partial charge on any atom is -0.410 e. The van der Waals surface area contributed by atoms with Crippen LogP contribution in [0.2, 0.25) is 0 Å². The molecule has 7 nitrogen and oxygen atoms in total. The first-order chi connectivity index (χ1) is 8.11. The summed E-state index contributed by atoms with van der Waals surface area (Å²) in [6, 6.07) is 0. The van der Waals surface area contributed by atoms with Gasteiger partial charge in [0.25, 0.3) is 0 Å². The summed E-state index contributed by atoms with van der Waals surface area (Å²) in [5, 5.41) is 23.1. The van der Waals surface area contributed by atoms with Crippen LogP contribution in [0.4, 0.5) is 0 Å². The molecule has 1 aromatic rings. The normalized spacial score (nSPS) is 13.3. The van der Waals surface area contributed by atoms with Gasteiger partial charge in [0, 0.05) is 12.6 Å². The molecule has 0 aromatic carbocycles. The summed E-state index contributed by atoms with van der Waals surface area (Å²) in [5.41, 5.74) is 6.76. The maximum absolute atomic E-state index is 9.02. The monoisotopic (exact) mass is 234 g/mol. The third-order valence-electron chi connectivity index (χ3n) is 2.15. The molecule has 0 amide bonds. The van der Waals surface area contributed by atoms with Crippen molar-refractivity contribution in [2.24, 2.45) is 17.9 Å². The average Bonchev–Trinajstić information content (AvgIpc) is 2.73. The number of hydrogen-bond donors (Lipinski definition) is 2. The van der Waals surface area contributed by atoms with Crippen LogP contribution < -0.4 is 5.73 Å². The molecule has 0 aliphatic rings. The van der Waals surface area contributed by atoms with Gasteiger partial charge in [0.1, 0.15) is 0 Å². The molecule has 1 heterocycles. The van der Waals surface area contributed by atoms with E-state index in [0.717, 1.165) is 5.57 Å². The van der Waals surface area contributed by atoms with E-state index in [1.165, 1.54) is 10.9 Å². The number of aryl methyl sites for hydroxylation is 1. The van der Waals surface area contributed by atoms with Crippen molar-refractivity contribution in [3.63, 3.8) is 0 Å². The molecule has 0 spiro atoms. The summed E-state index contributed by atoms with van der Waals surface area (Å²) in [6.45, 7) is 5.65. The molecule has 1 aromatic heterocycles. The Morgan fingerprint density at radius 1 is 1.59 bits per heavy atom. The summed E-state index contributed by atoms with van der Waals surface area (Å²) in [4.78, 5) is 0. The molecule has 0 unspecified atom stereocenters. The largest absolute Gasteiger partial charge is 0.410 e. The Labute approximate surface area is 98.6 Å². The van der Waals surface area contributed by atoms with Crippen LogP contribution in [0.5, 0.6) is 0 Å². The van der Waals surface area contributed by atoms with Crippen molar-refractivity contribution in [1.29, 1.82) is 0 Å². The molecular weight excluding hydrogens is 220 g/mol. The van der Waals surface area contributed by atoms with E-state index < -0.39 is 0 Å². The van der Waals surface area contributed by atoms with Crippen molar-refractivity contribution in [3.8, 4) is 0 Å². The maximum Gasteiger partial charge on any atom is 0.204 e. The highest BCUT2D eigenvalue weighted by molar-refractivity contribution is 6.12. The van der Waals surface area contributed by atoms with Crippen molar-refractivity contribution in [2.45, 2.75) is 6.92 Å². The molecule has 0 radical (unpaired) electrons. The lowest BCUT2D eigenvalue weighted by molar-refractivity contribution is 0.319. The Balaban J connectivity index is 3.06. The Hall–Kier alpha value is -2.44. The number of oxime groups is 1. The summed E-state index contributed by atoms with van der Waals surface area (Å²) in [6.07, 6.45) is 4.80. The van der Waals surface area contributed by atoms with Gasteiger partial charge in [-0.2, -0.15) is 0 Å². The number of tetrazole rings is 1. The molecule has 0 atom stereocenters. The van der Waals surface area contributed by atoms with Crippen molar-refractivity contribution < 1.29 is 5.21 Å². The lowest BCUT2D eigenvalue weighted by Gasteiger charge is -2.06. The van der Waals surface area contributed by atoms with Gasteiger partial charge in [0.2, 0.25) is 5.82 Å². The molecule has 0 saturated heterocycles. The molecule has 0 fully saturated rings. The molecule has 3 N–H and O–H groups in total. The van der Waals surface area contributed by atoms with Gasteiger partial charge in [0.05, 0.1) is 0 Å². The summed E-state index contributed by atoms with van der Waals surface area (Å²) in [5.74, 6) is 0.335. The van der Waals surface area contributed by atoms with E-state index in [0.29, 0.717) is 11.4 Å². The van der Waals surface area contributed by atoms with Gasteiger partial charge in [0.15, 0.2) is 5.71 Å². The Bertz CT molecular complexity index is 497. The highest BCUT2D eigenvalue weighted by atomic mass is 16.4. The van der Waals surface area contributed by atoms with Crippen LogP contribution in [-0.2, 0) is 7.05 Å². The van der Waals surface area contributed by atoms with Crippen LogP contribution in [0.25, 0.3) is 0 Å². The van der Waals surface area contributed by atoms with Crippen molar-refractivity contribution in [1.82, 2.24) is 20.2 Å². The lowest BCUT2D eigenvalue weighted by atomic mass is 10.0. The molecule has 0 aliphatic heterocycles. The van der Waals surface area contributed by atoms with Gasteiger partial charge in [-0.3, -0.25) is 0 Å². The minimum absolute atomic E-state index is 0.219. The zero-order valence-electron chi connectivity index (χ0n) is 9.70. The number of rotatable bonds is 4. The highest BCUT2D eigenvalue weighted by Gasteiger charge is 2.16. The van der Waals surface area contributed by atoms with Gasteiger partial charge in [-0.25, -0.2) is 4.68 Å². The standard InChI is InChI=1S/C10H14N6O/c1-7(5-4-6-11)8(2)9(13-17)10-12-14-15-16(10)3/h4-6,17H,2,11H2,1,3H3/b6-4-,7-5-,13-9+. The molecular formula is C10H14N6O. The smallest absolute Gasteiger partial charge is 0.204 e. The zero-order valence-corrected chi connectivity index (χ0v) is 9.70. The minimum atomic E-state index is 0.219. The lowest BCUT2D eigenvalue weighted by Crippen LogP contribution is -2.12. The predicted octanol–water partition coefficient (Wildman–Crippen LogP) is 0.363. The quantitative estimate of drug-likeness (QED) is 0.339. The second-order valence-corrected chi connectivity index (χ2v) is 3.29. The summed E-state index contributed by atoms with van der Waals surface area (Å²) in [7, 11) is 1.65. The van der Waals surface area contributed by atoms with Crippen LogP contribution in [-0.4, -0.2) is 31.1 Å². The Morgan fingerprint density at radius 2 is 2.29 bits per heavy atom. The number of aromatic nitrogens is 4. The van der Waals surface area contributed by atoms with Crippen molar-refractivity contribution in [3.05, 3.63) is 41.9 Å². The van der Waals surface area contributed by atoms with Gasteiger partial charge >= 0.3 is 0 Å². The van der Waals surface area contributed by atoms with E-state index in [9.17, 15) is 0 Å². The molecule has 0 bridgehead atoms. The third kappa shape index (κ3) is 2.77. The first kappa shape index (κ1) is 12.6. The average molecular weight is 234 g/mol. The molecule has 7 heteroatoms. The number of allylic oxidation sites excluding steroid dienone is 4. The fourth-order valence-corrected chi connectivity index (χ4v) is 1.16. The Morgan fingerprint density at radius 3 is 2.76 bits per heavy atom. The predicted molar refractivity (Wildman–Crippen MR) is 63.3 cm³/mol. The van der Waals surface area contributed by atoms with E-state index in [-0.39, 0.29) is 5.71 Å². The van der Waals surface area contributed by atoms with Crippen LogP contribution in [0.15, 0.2) is 41.2 Å². The number of hydrogen-bond acceptors (Lipinski definition) is 6. The fourth-order valence-electron chi connectivity index (χ4n) is 1.16. The SMILES string of the molecule is C=C(/C(C)=C\C=C/N)/C(=N\O)c1nnnn1C. The fraction of sp³-hybridized carbons (Fsp3) is 0.200. The Kier molecular flexibility index (Phi) is 4.15. The third-order valence-corrected chi connectivity index (χ3v) is 2.15. The van der Waals surface area contributed by atoms with Crippen LogP contribution in [0, 0.1) is 0 Å². The second-order valence-electron chi connectivity index (χ2n) is 3.29. The molecule has 90 valence electrons. The highest BCUT2D eigenvalue weighted by Crippen LogP contribution is 2.13. The second kappa shape index (κ2) is 5.59. The number of nitrogens with two attached hydrogens (primary N) is 1. The van der Waals surface area contributed by atoms with E-state index in [2.05, 4.69) is 27.3 Å². The van der Waals surface area contributed by atoms with E-state index >= 15 is 0 Å². The first-order valence-electron chi connectivity index (χ1n) is 4.81. The molecule has 1 rings (SSSR count). The van der Waals surface area contributed by atoms with Gasteiger partial charge in [-0.05, 0) is 35.2 Å². The van der Waals surface area contributed by atoms with Gasteiger partial charge < -0.3 is 10.9 Å². The topological polar surface area (TPSA) is 102 Å². The van der Waals surface area contributed by atoms with E-state index in [4.69, 9.17) is 10.9 Å². The summed E-state index contributed by atoms with van der Waals surface area (Å²) < 4.78 is 1.40. The van der Waals surface area contributed by atoms with Crippen LogP contribution >= 0.6 is 0 Å². The molecule has 0 saturated carbocycles. The van der Waals surface area contributed by atoms with E-state index in [1.54, 1.807) is 19.2 Å². The van der Waals surface area contributed by atoms with Crippen LogP contribution in [0.3, 0.4) is 0 Å².